The molecule has 4 heteroatoms. The van der Waals surface area contributed by atoms with Crippen LogP contribution in [0.1, 0.15) is 19.4 Å². The number of halogens is 2. The van der Waals surface area contributed by atoms with E-state index < -0.39 is 0 Å². The van der Waals surface area contributed by atoms with Crippen molar-refractivity contribution in [1.82, 2.24) is 5.32 Å². The third kappa shape index (κ3) is 3.79. The normalized spacial score (nSPS) is 11.0. The Kier molecular flexibility index (Phi) is 4.91. The zero-order valence-electron chi connectivity index (χ0n) is 12.5. The van der Waals surface area contributed by atoms with E-state index in [1.807, 2.05) is 19.9 Å². The molecule has 2 aromatic rings. The molecule has 0 aromatic heterocycles. The average molecular weight is 290 g/mol. The molecule has 0 unspecified atom stereocenters. The van der Waals surface area contributed by atoms with Crippen molar-refractivity contribution in [1.29, 1.82) is 0 Å². The lowest BCUT2D eigenvalue weighted by atomic mass is 10.1. The maximum absolute atomic E-state index is 14.2. The highest BCUT2D eigenvalue weighted by molar-refractivity contribution is 5.66. The molecular weight excluding hydrogens is 270 g/mol. The van der Waals surface area contributed by atoms with Crippen LogP contribution in [0.3, 0.4) is 0 Å². The summed E-state index contributed by atoms with van der Waals surface area (Å²) in [5.41, 5.74) is 1.93. The summed E-state index contributed by atoms with van der Waals surface area (Å²) in [6.45, 7) is 4.63. The lowest BCUT2D eigenvalue weighted by Crippen LogP contribution is -2.24. The van der Waals surface area contributed by atoms with Crippen molar-refractivity contribution in [2.45, 2.75) is 26.4 Å². The smallest absolute Gasteiger partial charge is 0.147 e. The predicted molar refractivity (Wildman–Crippen MR) is 82.8 cm³/mol. The van der Waals surface area contributed by atoms with E-state index in [2.05, 4.69) is 5.32 Å². The number of benzene rings is 2. The van der Waals surface area contributed by atoms with Gasteiger partial charge < -0.3 is 10.2 Å². The van der Waals surface area contributed by atoms with Gasteiger partial charge in [0.1, 0.15) is 11.6 Å². The Hall–Kier alpha value is -1.94. The van der Waals surface area contributed by atoms with Gasteiger partial charge in [0, 0.05) is 25.3 Å². The van der Waals surface area contributed by atoms with Gasteiger partial charge in [-0.05, 0) is 29.8 Å². The first-order chi connectivity index (χ1) is 9.99. The van der Waals surface area contributed by atoms with E-state index >= 15 is 0 Å². The van der Waals surface area contributed by atoms with Crippen molar-refractivity contribution in [3.63, 3.8) is 0 Å². The standard InChI is InChI=1S/C17H20F2N2/c1-12(2)20-11-13-6-4-9-16(19)17(13)21(3)15-8-5-7-14(18)10-15/h4-10,12,20H,11H2,1-3H3. The first kappa shape index (κ1) is 15.4. The summed E-state index contributed by atoms with van der Waals surface area (Å²) >= 11 is 0. The van der Waals surface area contributed by atoms with Crippen LogP contribution in [-0.2, 0) is 6.54 Å². The van der Waals surface area contributed by atoms with Gasteiger partial charge in [-0.3, -0.25) is 0 Å². The van der Waals surface area contributed by atoms with E-state index in [0.29, 0.717) is 24.0 Å². The van der Waals surface area contributed by atoms with Crippen LogP contribution in [0.5, 0.6) is 0 Å². The summed E-state index contributed by atoms with van der Waals surface area (Å²) in [5.74, 6) is -0.651. The number of hydrogen-bond acceptors (Lipinski definition) is 2. The molecule has 0 aliphatic carbocycles. The molecule has 0 saturated carbocycles. The minimum Gasteiger partial charge on any atom is -0.342 e. The van der Waals surface area contributed by atoms with Crippen molar-refractivity contribution < 1.29 is 8.78 Å². The van der Waals surface area contributed by atoms with Gasteiger partial charge in [-0.25, -0.2) is 8.78 Å². The molecule has 1 N–H and O–H groups in total. The Morgan fingerprint density at radius 1 is 1.10 bits per heavy atom. The maximum atomic E-state index is 14.2. The number of rotatable bonds is 5. The van der Waals surface area contributed by atoms with Crippen molar-refractivity contribution in [2.24, 2.45) is 0 Å². The number of hydrogen-bond donors (Lipinski definition) is 1. The summed E-state index contributed by atoms with van der Waals surface area (Å²) < 4.78 is 27.6. The number of nitrogens with zero attached hydrogens (tertiary/aromatic N) is 1. The summed E-state index contributed by atoms with van der Waals surface area (Å²) in [4.78, 5) is 1.68. The molecule has 0 fully saturated rings. The van der Waals surface area contributed by atoms with E-state index in [1.165, 1.54) is 18.2 Å². The lowest BCUT2D eigenvalue weighted by molar-refractivity contribution is 0.581. The Labute approximate surface area is 124 Å². The molecule has 0 aliphatic rings. The topological polar surface area (TPSA) is 15.3 Å². The molecule has 21 heavy (non-hydrogen) atoms. The van der Waals surface area contributed by atoms with E-state index in [1.54, 1.807) is 30.1 Å². The second-order valence-electron chi connectivity index (χ2n) is 5.32. The van der Waals surface area contributed by atoms with Gasteiger partial charge >= 0.3 is 0 Å². The van der Waals surface area contributed by atoms with Crippen LogP contribution in [-0.4, -0.2) is 13.1 Å². The third-order valence-corrected chi connectivity index (χ3v) is 3.30. The molecule has 2 nitrogen and oxygen atoms in total. The fraction of sp³-hybridized carbons (Fsp3) is 0.294. The van der Waals surface area contributed by atoms with Gasteiger partial charge in [0.2, 0.25) is 0 Å². The fourth-order valence-corrected chi connectivity index (χ4v) is 2.21. The maximum Gasteiger partial charge on any atom is 0.147 e. The number of para-hydroxylation sites is 1. The molecular formula is C17H20F2N2. The summed E-state index contributed by atoms with van der Waals surface area (Å²) in [5, 5.41) is 3.28. The monoisotopic (exact) mass is 290 g/mol. The zero-order chi connectivity index (χ0) is 15.4. The second-order valence-corrected chi connectivity index (χ2v) is 5.32. The second kappa shape index (κ2) is 6.68. The van der Waals surface area contributed by atoms with Gasteiger partial charge in [-0.1, -0.05) is 32.0 Å². The summed E-state index contributed by atoms with van der Waals surface area (Å²) in [6.07, 6.45) is 0. The summed E-state index contributed by atoms with van der Waals surface area (Å²) in [6, 6.07) is 11.4. The highest BCUT2D eigenvalue weighted by Crippen LogP contribution is 2.30. The Morgan fingerprint density at radius 3 is 2.48 bits per heavy atom. The van der Waals surface area contributed by atoms with E-state index in [4.69, 9.17) is 0 Å². The number of nitrogens with one attached hydrogen (secondary N) is 1. The molecule has 0 heterocycles. The first-order valence-electron chi connectivity index (χ1n) is 6.99. The van der Waals surface area contributed by atoms with Crippen LogP contribution in [0.4, 0.5) is 20.2 Å². The Morgan fingerprint density at radius 2 is 1.81 bits per heavy atom. The van der Waals surface area contributed by atoms with Crippen molar-refractivity contribution in [2.75, 3.05) is 11.9 Å². The fourth-order valence-electron chi connectivity index (χ4n) is 2.21. The molecule has 0 spiro atoms. The van der Waals surface area contributed by atoms with Crippen molar-refractivity contribution in [3.05, 3.63) is 59.7 Å². The van der Waals surface area contributed by atoms with Crippen molar-refractivity contribution >= 4 is 11.4 Å². The molecule has 0 aliphatic heterocycles. The molecule has 0 bridgehead atoms. The average Bonchev–Trinajstić information content (AvgIpc) is 2.44. The number of anilines is 2. The molecule has 112 valence electrons. The lowest BCUT2D eigenvalue weighted by Gasteiger charge is -2.24. The molecule has 2 rings (SSSR count). The van der Waals surface area contributed by atoms with Crippen LogP contribution in [0.25, 0.3) is 0 Å². The predicted octanol–water partition coefficient (Wildman–Crippen LogP) is 4.23. The third-order valence-electron chi connectivity index (χ3n) is 3.30. The molecule has 0 atom stereocenters. The van der Waals surface area contributed by atoms with Crippen LogP contribution in [0.2, 0.25) is 0 Å². The van der Waals surface area contributed by atoms with E-state index in [0.717, 1.165) is 5.56 Å². The Balaban J connectivity index is 2.37. The molecule has 0 amide bonds. The van der Waals surface area contributed by atoms with Crippen molar-refractivity contribution in [3.8, 4) is 0 Å². The van der Waals surface area contributed by atoms with Gasteiger partial charge in [0.25, 0.3) is 0 Å². The van der Waals surface area contributed by atoms with Crippen LogP contribution < -0.4 is 10.2 Å². The van der Waals surface area contributed by atoms with Gasteiger partial charge in [0.05, 0.1) is 5.69 Å². The summed E-state index contributed by atoms with van der Waals surface area (Å²) in [7, 11) is 1.74. The minimum atomic E-state index is -0.336. The SMILES string of the molecule is CC(C)NCc1cccc(F)c1N(C)c1cccc(F)c1. The van der Waals surface area contributed by atoms with Crippen LogP contribution >= 0.6 is 0 Å². The van der Waals surface area contributed by atoms with E-state index in [9.17, 15) is 8.78 Å². The molecule has 2 aromatic carbocycles. The van der Waals surface area contributed by atoms with Crippen LogP contribution in [0.15, 0.2) is 42.5 Å². The first-order valence-corrected chi connectivity index (χ1v) is 6.99. The minimum absolute atomic E-state index is 0.306. The molecule has 0 saturated heterocycles. The molecule has 0 radical (unpaired) electrons. The van der Waals surface area contributed by atoms with Gasteiger partial charge in [-0.15, -0.1) is 0 Å². The van der Waals surface area contributed by atoms with Gasteiger partial charge in [0.15, 0.2) is 0 Å². The largest absolute Gasteiger partial charge is 0.342 e. The quantitative estimate of drug-likeness (QED) is 0.886. The van der Waals surface area contributed by atoms with Crippen LogP contribution in [0, 0.1) is 11.6 Å². The highest BCUT2D eigenvalue weighted by Gasteiger charge is 2.15. The highest BCUT2D eigenvalue weighted by atomic mass is 19.1. The van der Waals surface area contributed by atoms with Gasteiger partial charge in [-0.2, -0.15) is 0 Å². The Bertz CT molecular complexity index is 611. The zero-order valence-corrected chi connectivity index (χ0v) is 12.5. The van der Waals surface area contributed by atoms with E-state index in [-0.39, 0.29) is 11.6 Å².